The van der Waals surface area contributed by atoms with E-state index in [0.29, 0.717) is 24.4 Å². The van der Waals surface area contributed by atoms with Crippen LogP contribution in [0.2, 0.25) is 0 Å². The molecule has 1 aliphatic carbocycles. The Hall–Kier alpha value is -0.870. The Balaban J connectivity index is 1.97. The maximum absolute atomic E-state index is 12.2. The summed E-state index contributed by atoms with van der Waals surface area (Å²) in [5.41, 5.74) is 0. The highest BCUT2D eigenvalue weighted by Gasteiger charge is 2.28. The first-order valence-corrected chi connectivity index (χ1v) is 9.34. The Bertz CT molecular complexity index is 522. The molecule has 2 rings (SSSR count). The molecule has 0 N–H and O–H groups in total. The van der Waals surface area contributed by atoms with E-state index < -0.39 is 10.1 Å². The van der Waals surface area contributed by atoms with E-state index >= 15 is 0 Å². The van der Waals surface area contributed by atoms with Crippen molar-refractivity contribution in [1.29, 1.82) is 0 Å². The molecule has 1 saturated carbocycles. The fourth-order valence-corrected chi connectivity index (χ4v) is 4.23. The van der Waals surface area contributed by atoms with Crippen LogP contribution in [0.3, 0.4) is 0 Å². The van der Waals surface area contributed by atoms with E-state index in [1.54, 1.807) is 30.3 Å². The van der Waals surface area contributed by atoms with Crippen LogP contribution in [0.1, 0.15) is 46.0 Å². The molecule has 0 saturated heterocycles. The third-order valence-corrected chi connectivity index (χ3v) is 5.61. The maximum Gasteiger partial charge on any atom is 0.296 e. The average Bonchev–Trinajstić information content (AvgIpc) is 2.47. The van der Waals surface area contributed by atoms with Crippen LogP contribution in [0.4, 0.5) is 0 Å². The van der Waals surface area contributed by atoms with Crippen molar-refractivity contribution in [2.45, 2.75) is 50.8 Å². The molecule has 0 bridgehead atoms. The molecule has 0 amide bonds. The first kappa shape index (κ1) is 16.5. The average molecular weight is 310 g/mol. The summed E-state index contributed by atoms with van der Waals surface area (Å²) >= 11 is 0. The van der Waals surface area contributed by atoms with Gasteiger partial charge in [0.15, 0.2) is 0 Å². The van der Waals surface area contributed by atoms with Gasteiger partial charge in [0, 0.05) is 0 Å². The van der Waals surface area contributed by atoms with Gasteiger partial charge in [-0.2, -0.15) is 8.42 Å². The molecule has 0 aromatic heterocycles. The third kappa shape index (κ3) is 4.82. The number of rotatable bonds is 6. The van der Waals surface area contributed by atoms with Crippen LogP contribution in [-0.2, 0) is 14.3 Å². The highest BCUT2D eigenvalue weighted by Crippen LogP contribution is 2.35. The summed E-state index contributed by atoms with van der Waals surface area (Å²) in [6, 6.07) is 8.42. The molecule has 1 aromatic carbocycles. The smallest absolute Gasteiger partial charge is 0.266 e. The van der Waals surface area contributed by atoms with Gasteiger partial charge in [0.05, 0.1) is 11.5 Å². The summed E-state index contributed by atoms with van der Waals surface area (Å²) in [6.07, 6.45) is 5.91. The lowest BCUT2D eigenvalue weighted by Crippen LogP contribution is -2.26. The summed E-state index contributed by atoms with van der Waals surface area (Å²) in [6.45, 7) is 4.79. The molecule has 2 atom stereocenters. The minimum absolute atomic E-state index is 0.251. The van der Waals surface area contributed by atoms with Crippen LogP contribution in [-0.4, -0.2) is 15.0 Å². The minimum atomic E-state index is -3.61. The molecule has 0 spiro atoms. The Kier molecular flexibility index (Phi) is 5.82. The van der Waals surface area contributed by atoms with E-state index in [-0.39, 0.29) is 4.90 Å². The van der Waals surface area contributed by atoms with Gasteiger partial charge in [-0.3, -0.25) is 4.18 Å². The van der Waals surface area contributed by atoms with Gasteiger partial charge < -0.3 is 0 Å². The molecule has 118 valence electrons. The summed E-state index contributed by atoms with van der Waals surface area (Å²) < 4.78 is 29.7. The second-order valence-corrected chi connectivity index (χ2v) is 8.10. The monoisotopic (exact) mass is 310 g/mol. The van der Waals surface area contributed by atoms with E-state index in [1.807, 2.05) is 0 Å². The van der Waals surface area contributed by atoms with E-state index in [4.69, 9.17) is 4.18 Å². The zero-order valence-electron chi connectivity index (χ0n) is 13.0. The van der Waals surface area contributed by atoms with E-state index in [9.17, 15) is 8.42 Å². The summed E-state index contributed by atoms with van der Waals surface area (Å²) in [5.74, 6) is 1.63. The van der Waals surface area contributed by atoms with Crippen molar-refractivity contribution in [3.8, 4) is 0 Å². The van der Waals surface area contributed by atoms with Crippen molar-refractivity contribution in [2.24, 2.45) is 17.8 Å². The van der Waals surface area contributed by atoms with Gasteiger partial charge in [-0.25, -0.2) is 0 Å². The van der Waals surface area contributed by atoms with Gasteiger partial charge >= 0.3 is 0 Å². The fraction of sp³-hybridized carbons (Fsp3) is 0.647. The molecule has 0 heterocycles. The lowest BCUT2D eigenvalue weighted by Gasteiger charge is -2.32. The van der Waals surface area contributed by atoms with Gasteiger partial charge in [0.2, 0.25) is 0 Å². The Morgan fingerprint density at radius 2 is 1.71 bits per heavy atom. The zero-order chi connectivity index (χ0) is 15.3. The second kappa shape index (κ2) is 7.41. The predicted octanol–water partition coefficient (Wildman–Crippen LogP) is 4.24. The molecule has 1 aliphatic rings. The van der Waals surface area contributed by atoms with Crippen molar-refractivity contribution in [1.82, 2.24) is 0 Å². The van der Waals surface area contributed by atoms with Gasteiger partial charge in [-0.1, -0.05) is 51.3 Å². The van der Waals surface area contributed by atoms with Crippen LogP contribution < -0.4 is 0 Å². The van der Waals surface area contributed by atoms with E-state index in [0.717, 1.165) is 6.42 Å². The zero-order valence-corrected chi connectivity index (χ0v) is 13.8. The van der Waals surface area contributed by atoms with Gasteiger partial charge in [-0.15, -0.1) is 0 Å². The highest BCUT2D eigenvalue weighted by molar-refractivity contribution is 7.86. The Morgan fingerprint density at radius 1 is 1.10 bits per heavy atom. The summed E-state index contributed by atoms with van der Waals surface area (Å²) in [7, 11) is -3.61. The highest BCUT2D eigenvalue weighted by atomic mass is 32.2. The maximum atomic E-state index is 12.2. The standard InChI is InChI=1S/C17H26O3S/c1-14(2)12-15-8-6-7-9-16(15)13-20-21(18,19)17-10-4-3-5-11-17/h3-5,10-11,14-16H,6-9,12-13H2,1-2H3. The molecule has 1 fully saturated rings. The van der Waals surface area contributed by atoms with Crippen molar-refractivity contribution < 1.29 is 12.6 Å². The fourth-order valence-electron chi connectivity index (χ4n) is 3.25. The number of hydrogen-bond acceptors (Lipinski definition) is 3. The Morgan fingerprint density at radius 3 is 2.33 bits per heavy atom. The molecule has 0 aliphatic heterocycles. The molecule has 2 unspecified atom stereocenters. The Labute approximate surface area is 128 Å². The molecular weight excluding hydrogens is 284 g/mol. The van der Waals surface area contributed by atoms with Gasteiger partial charge in [-0.05, 0) is 42.7 Å². The summed E-state index contributed by atoms with van der Waals surface area (Å²) in [4.78, 5) is 0.251. The largest absolute Gasteiger partial charge is 0.296 e. The molecule has 1 aromatic rings. The van der Waals surface area contributed by atoms with E-state index in [2.05, 4.69) is 13.8 Å². The SMILES string of the molecule is CC(C)CC1CCCCC1COS(=O)(=O)c1ccccc1. The lowest BCUT2D eigenvalue weighted by molar-refractivity contribution is 0.137. The molecule has 4 heteroatoms. The van der Waals surface area contributed by atoms with Crippen LogP contribution in [0, 0.1) is 17.8 Å². The minimum Gasteiger partial charge on any atom is -0.266 e. The van der Waals surface area contributed by atoms with E-state index in [1.165, 1.54) is 25.7 Å². The van der Waals surface area contributed by atoms with Gasteiger partial charge in [0.1, 0.15) is 0 Å². The molecular formula is C17H26O3S. The second-order valence-electron chi connectivity index (χ2n) is 6.49. The molecule has 3 nitrogen and oxygen atoms in total. The van der Waals surface area contributed by atoms with Crippen molar-refractivity contribution in [3.63, 3.8) is 0 Å². The lowest BCUT2D eigenvalue weighted by atomic mass is 9.76. The first-order valence-electron chi connectivity index (χ1n) is 7.93. The van der Waals surface area contributed by atoms with Crippen LogP contribution in [0.25, 0.3) is 0 Å². The van der Waals surface area contributed by atoms with Crippen LogP contribution in [0.5, 0.6) is 0 Å². The van der Waals surface area contributed by atoms with Crippen molar-refractivity contribution in [2.75, 3.05) is 6.61 Å². The molecule has 0 radical (unpaired) electrons. The number of hydrogen-bond donors (Lipinski definition) is 0. The van der Waals surface area contributed by atoms with Crippen LogP contribution in [0.15, 0.2) is 35.2 Å². The predicted molar refractivity (Wildman–Crippen MR) is 84.5 cm³/mol. The van der Waals surface area contributed by atoms with Gasteiger partial charge in [0.25, 0.3) is 10.1 Å². The third-order valence-electron chi connectivity index (χ3n) is 4.31. The van der Waals surface area contributed by atoms with Crippen molar-refractivity contribution >= 4 is 10.1 Å². The quantitative estimate of drug-likeness (QED) is 0.738. The topological polar surface area (TPSA) is 43.4 Å². The first-order chi connectivity index (χ1) is 9.99. The molecule has 21 heavy (non-hydrogen) atoms. The number of benzene rings is 1. The normalized spacial score (nSPS) is 23.4. The van der Waals surface area contributed by atoms with Crippen molar-refractivity contribution in [3.05, 3.63) is 30.3 Å². The van der Waals surface area contributed by atoms with Crippen LogP contribution >= 0.6 is 0 Å². The summed E-state index contributed by atoms with van der Waals surface area (Å²) in [5, 5.41) is 0.